The molecule has 3 nitrogen and oxygen atoms in total. The molecule has 1 aromatic heterocycles. The van der Waals surface area contributed by atoms with Gasteiger partial charge in [0.1, 0.15) is 5.82 Å². The summed E-state index contributed by atoms with van der Waals surface area (Å²) in [4.78, 5) is 0. The monoisotopic (exact) mass is 220 g/mol. The maximum Gasteiger partial charge on any atom is 0.134 e. The fourth-order valence-corrected chi connectivity index (χ4v) is 1.73. The average Bonchev–Trinajstić information content (AvgIpc) is 2.63. The van der Waals surface area contributed by atoms with E-state index in [1.165, 1.54) is 0 Å². The van der Waals surface area contributed by atoms with Gasteiger partial charge in [-0.2, -0.15) is 5.10 Å². The lowest BCUT2D eigenvalue weighted by Gasteiger charge is -2.04. The Morgan fingerprint density at radius 2 is 2.12 bits per heavy atom. The van der Waals surface area contributed by atoms with Gasteiger partial charge in [-0.05, 0) is 12.5 Å². The molecule has 0 bridgehead atoms. The van der Waals surface area contributed by atoms with Crippen molar-refractivity contribution in [3.8, 4) is 11.1 Å². The van der Waals surface area contributed by atoms with E-state index in [4.69, 9.17) is 5.11 Å². The van der Waals surface area contributed by atoms with Gasteiger partial charge in [-0.1, -0.05) is 18.2 Å². The second-order valence-corrected chi connectivity index (χ2v) is 3.76. The highest BCUT2D eigenvalue weighted by Crippen LogP contribution is 2.27. The fraction of sp³-hybridized carbons (Fsp3) is 0.250. The van der Waals surface area contributed by atoms with Gasteiger partial charge >= 0.3 is 0 Å². The molecule has 0 saturated carbocycles. The lowest BCUT2D eigenvalue weighted by molar-refractivity contribution is 0.276. The summed E-state index contributed by atoms with van der Waals surface area (Å²) in [5, 5.41) is 13.2. The van der Waals surface area contributed by atoms with Crippen molar-refractivity contribution in [3.05, 3.63) is 41.5 Å². The van der Waals surface area contributed by atoms with E-state index in [9.17, 15) is 4.39 Å². The largest absolute Gasteiger partial charge is 0.390 e. The van der Waals surface area contributed by atoms with Crippen molar-refractivity contribution >= 4 is 0 Å². The molecule has 0 fully saturated rings. The Labute approximate surface area is 93.2 Å². The quantitative estimate of drug-likeness (QED) is 0.840. The van der Waals surface area contributed by atoms with Crippen LogP contribution in [0, 0.1) is 12.7 Å². The molecule has 0 aliphatic heterocycles. The number of hydrogen-bond acceptors (Lipinski definition) is 2. The van der Waals surface area contributed by atoms with Crippen LogP contribution in [0.4, 0.5) is 4.39 Å². The normalized spacial score (nSPS) is 10.8. The maximum atomic E-state index is 13.9. The summed E-state index contributed by atoms with van der Waals surface area (Å²) in [5.41, 5.74) is 2.21. The van der Waals surface area contributed by atoms with Crippen LogP contribution < -0.4 is 0 Å². The van der Waals surface area contributed by atoms with Gasteiger partial charge in [0.2, 0.25) is 0 Å². The van der Waals surface area contributed by atoms with E-state index in [1.807, 2.05) is 0 Å². The molecule has 0 saturated heterocycles. The Balaban J connectivity index is 2.62. The number of rotatable bonds is 2. The second kappa shape index (κ2) is 4.06. The first kappa shape index (κ1) is 10.8. The van der Waals surface area contributed by atoms with Gasteiger partial charge in [-0.25, -0.2) is 4.39 Å². The minimum atomic E-state index is -0.259. The van der Waals surface area contributed by atoms with Crippen LogP contribution in [0.25, 0.3) is 11.1 Å². The van der Waals surface area contributed by atoms with Gasteiger partial charge in [0, 0.05) is 24.4 Å². The minimum absolute atomic E-state index is 0.191. The molecule has 0 aliphatic rings. The Bertz CT molecular complexity index is 520. The van der Waals surface area contributed by atoms with E-state index in [0.717, 1.165) is 0 Å². The first-order valence-electron chi connectivity index (χ1n) is 5.02. The topological polar surface area (TPSA) is 38.0 Å². The first-order valence-corrected chi connectivity index (χ1v) is 5.02. The highest BCUT2D eigenvalue weighted by Gasteiger charge is 2.13. The van der Waals surface area contributed by atoms with Gasteiger partial charge in [-0.15, -0.1) is 0 Å². The van der Waals surface area contributed by atoms with Crippen LogP contribution in [0.15, 0.2) is 24.4 Å². The van der Waals surface area contributed by atoms with Crippen molar-refractivity contribution in [2.45, 2.75) is 13.5 Å². The number of benzene rings is 1. The molecule has 0 aliphatic carbocycles. The molecule has 1 aromatic carbocycles. The van der Waals surface area contributed by atoms with Gasteiger partial charge in [0.15, 0.2) is 0 Å². The average molecular weight is 220 g/mol. The fourth-order valence-electron chi connectivity index (χ4n) is 1.73. The van der Waals surface area contributed by atoms with E-state index < -0.39 is 0 Å². The summed E-state index contributed by atoms with van der Waals surface area (Å²) in [6.07, 6.45) is 1.71. The van der Waals surface area contributed by atoms with Gasteiger partial charge in [0.05, 0.1) is 12.3 Å². The number of halogens is 1. The summed E-state index contributed by atoms with van der Waals surface area (Å²) in [5.74, 6) is -0.259. The summed E-state index contributed by atoms with van der Waals surface area (Å²) in [7, 11) is 1.75. The number of nitrogens with zero attached hydrogens (tertiary/aromatic N) is 2. The van der Waals surface area contributed by atoms with Crippen LogP contribution in [0.2, 0.25) is 0 Å². The Morgan fingerprint density at radius 1 is 1.38 bits per heavy atom. The van der Waals surface area contributed by atoms with Gasteiger partial charge in [0.25, 0.3) is 0 Å². The predicted octanol–water partition coefficient (Wildman–Crippen LogP) is 2.03. The Kier molecular flexibility index (Phi) is 2.75. The molecule has 4 heteroatoms. The van der Waals surface area contributed by atoms with Crippen LogP contribution in [0.1, 0.15) is 11.3 Å². The highest BCUT2D eigenvalue weighted by molar-refractivity contribution is 5.66. The smallest absolute Gasteiger partial charge is 0.134 e. The zero-order valence-corrected chi connectivity index (χ0v) is 9.24. The molecule has 84 valence electrons. The highest BCUT2D eigenvalue weighted by atomic mass is 19.1. The maximum absolute atomic E-state index is 13.9. The summed E-state index contributed by atoms with van der Waals surface area (Å²) in [6, 6.07) is 5.20. The van der Waals surface area contributed by atoms with Crippen molar-refractivity contribution in [1.82, 2.24) is 9.78 Å². The summed E-state index contributed by atoms with van der Waals surface area (Å²) < 4.78 is 15.5. The lowest BCUT2D eigenvalue weighted by Crippen LogP contribution is -1.92. The third-order valence-corrected chi connectivity index (χ3v) is 2.54. The Hall–Kier alpha value is -1.68. The number of aromatic nitrogens is 2. The van der Waals surface area contributed by atoms with E-state index >= 15 is 0 Å². The second-order valence-electron chi connectivity index (χ2n) is 3.76. The third kappa shape index (κ3) is 1.72. The molecule has 0 radical (unpaired) electrons. The molecular weight excluding hydrogens is 207 g/mol. The lowest BCUT2D eigenvalue weighted by atomic mass is 10.0. The summed E-state index contributed by atoms with van der Waals surface area (Å²) in [6.45, 7) is 1.53. The predicted molar refractivity (Wildman–Crippen MR) is 59.3 cm³/mol. The van der Waals surface area contributed by atoms with Crippen molar-refractivity contribution in [3.63, 3.8) is 0 Å². The zero-order chi connectivity index (χ0) is 11.7. The number of aliphatic hydroxyl groups is 1. The van der Waals surface area contributed by atoms with Crippen LogP contribution in [0.3, 0.4) is 0 Å². The zero-order valence-electron chi connectivity index (χ0n) is 9.24. The molecule has 0 amide bonds. The number of hydrogen-bond donors (Lipinski definition) is 1. The minimum Gasteiger partial charge on any atom is -0.390 e. The molecule has 0 atom stereocenters. The molecule has 0 unspecified atom stereocenters. The first-order chi connectivity index (χ1) is 7.63. The number of aryl methyl sites for hydroxylation is 2. The summed E-state index contributed by atoms with van der Waals surface area (Å²) >= 11 is 0. The van der Waals surface area contributed by atoms with E-state index in [0.29, 0.717) is 22.4 Å². The van der Waals surface area contributed by atoms with Crippen molar-refractivity contribution < 1.29 is 9.50 Å². The van der Waals surface area contributed by atoms with Crippen molar-refractivity contribution in [1.29, 1.82) is 0 Å². The molecule has 0 spiro atoms. The molecule has 1 N–H and O–H groups in total. The van der Waals surface area contributed by atoms with Crippen molar-refractivity contribution in [2.75, 3.05) is 0 Å². The van der Waals surface area contributed by atoms with E-state index in [-0.39, 0.29) is 12.4 Å². The number of aliphatic hydroxyl groups excluding tert-OH is 1. The van der Waals surface area contributed by atoms with Crippen LogP contribution in [-0.2, 0) is 13.7 Å². The van der Waals surface area contributed by atoms with E-state index in [2.05, 4.69) is 5.10 Å². The Morgan fingerprint density at radius 3 is 2.81 bits per heavy atom. The van der Waals surface area contributed by atoms with Crippen LogP contribution >= 0.6 is 0 Å². The third-order valence-electron chi connectivity index (χ3n) is 2.54. The van der Waals surface area contributed by atoms with Crippen molar-refractivity contribution in [2.24, 2.45) is 7.05 Å². The molecule has 1 heterocycles. The standard InChI is InChI=1S/C12H13FN2O/c1-8-4-3-5-9(12(8)13)10-6-15(2)14-11(10)7-16/h3-6,16H,7H2,1-2H3. The molecule has 2 rings (SSSR count). The SMILES string of the molecule is Cc1cccc(-c2cn(C)nc2CO)c1F. The van der Waals surface area contributed by atoms with E-state index in [1.54, 1.807) is 43.0 Å². The van der Waals surface area contributed by atoms with Crippen LogP contribution in [-0.4, -0.2) is 14.9 Å². The van der Waals surface area contributed by atoms with Gasteiger partial charge < -0.3 is 5.11 Å². The van der Waals surface area contributed by atoms with Crippen LogP contribution in [0.5, 0.6) is 0 Å². The molecule has 16 heavy (non-hydrogen) atoms. The molecular formula is C12H13FN2O. The molecule has 2 aromatic rings. The van der Waals surface area contributed by atoms with Gasteiger partial charge in [-0.3, -0.25) is 4.68 Å².